The van der Waals surface area contributed by atoms with Crippen molar-refractivity contribution in [2.45, 2.75) is 84.5 Å². The Morgan fingerprint density at radius 1 is 0.810 bits per heavy atom. The van der Waals surface area contributed by atoms with E-state index in [0.29, 0.717) is 32.4 Å². The number of unbranched alkanes of at least 4 members (excludes halogenated alkanes) is 7. The summed E-state index contributed by atoms with van der Waals surface area (Å²) >= 11 is 0. The molecule has 0 saturated carbocycles. The predicted molar refractivity (Wildman–Crippen MR) is 86.1 cm³/mol. The molecule has 0 rings (SSSR count). The van der Waals surface area contributed by atoms with Crippen LogP contribution in [0.25, 0.3) is 0 Å². The van der Waals surface area contributed by atoms with E-state index in [1.165, 1.54) is 38.5 Å². The SMILES string of the molecule is CCCCCCCCCCC(=O)NCCCC(=O)OCC. The van der Waals surface area contributed by atoms with Crippen LogP contribution in [0.2, 0.25) is 0 Å². The van der Waals surface area contributed by atoms with Gasteiger partial charge < -0.3 is 10.1 Å². The van der Waals surface area contributed by atoms with Crippen LogP contribution in [0.1, 0.15) is 84.5 Å². The summed E-state index contributed by atoms with van der Waals surface area (Å²) in [5.41, 5.74) is 0. The van der Waals surface area contributed by atoms with Crippen molar-refractivity contribution in [2.75, 3.05) is 13.2 Å². The highest BCUT2D eigenvalue weighted by molar-refractivity contribution is 5.75. The first kappa shape index (κ1) is 19.9. The first-order valence-electron chi connectivity index (χ1n) is 8.63. The Hall–Kier alpha value is -1.06. The number of ether oxygens (including phenoxy) is 1. The molecule has 1 N–H and O–H groups in total. The van der Waals surface area contributed by atoms with E-state index >= 15 is 0 Å². The van der Waals surface area contributed by atoms with Crippen LogP contribution in [-0.2, 0) is 14.3 Å². The second-order valence-corrected chi connectivity index (χ2v) is 5.48. The number of rotatable bonds is 14. The minimum absolute atomic E-state index is 0.102. The molecule has 1 amide bonds. The topological polar surface area (TPSA) is 55.4 Å². The summed E-state index contributed by atoms with van der Waals surface area (Å²) in [4.78, 5) is 22.7. The number of amides is 1. The van der Waals surface area contributed by atoms with Gasteiger partial charge in [-0.25, -0.2) is 0 Å². The van der Waals surface area contributed by atoms with Gasteiger partial charge in [0.15, 0.2) is 0 Å². The van der Waals surface area contributed by atoms with Gasteiger partial charge in [0.25, 0.3) is 0 Å². The third kappa shape index (κ3) is 15.2. The number of esters is 1. The number of nitrogens with one attached hydrogen (secondary N) is 1. The summed E-state index contributed by atoms with van der Waals surface area (Å²) in [6.45, 7) is 5.01. The first-order chi connectivity index (χ1) is 10.2. The van der Waals surface area contributed by atoms with Gasteiger partial charge in [-0.2, -0.15) is 0 Å². The number of hydrogen-bond donors (Lipinski definition) is 1. The largest absolute Gasteiger partial charge is 0.466 e. The fraction of sp³-hybridized carbons (Fsp3) is 0.882. The molecule has 0 aromatic heterocycles. The Labute approximate surface area is 130 Å². The average Bonchev–Trinajstić information content (AvgIpc) is 2.47. The van der Waals surface area contributed by atoms with Crippen molar-refractivity contribution in [1.82, 2.24) is 5.32 Å². The summed E-state index contributed by atoms with van der Waals surface area (Å²) in [5.74, 6) is -0.0836. The maximum absolute atomic E-state index is 11.6. The molecule has 0 atom stereocenters. The van der Waals surface area contributed by atoms with Crippen LogP contribution in [0.5, 0.6) is 0 Å². The van der Waals surface area contributed by atoms with E-state index in [4.69, 9.17) is 4.74 Å². The van der Waals surface area contributed by atoms with E-state index in [0.717, 1.165) is 12.8 Å². The van der Waals surface area contributed by atoms with Crippen molar-refractivity contribution in [3.63, 3.8) is 0 Å². The molecule has 0 aliphatic rings. The van der Waals surface area contributed by atoms with Crippen LogP contribution >= 0.6 is 0 Å². The van der Waals surface area contributed by atoms with Crippen LogP contribution in [-0.4, -0.2) is 25.0 Å². The zero-order chi connectivity index (χ0) is 15.8. The quantitative estimate of drug-likeness (QED) is 0.390. The van der Waals surface area contributed by atoms with Crippen LogP contribution in [0.4, 0.5) is 0 Å². The fourth-order valence-corrected chi connectivity index (χ4v) is 2.20. The summed E-state index contributed by atoms with van der Waals surface area (Å²) in [6, 6.07) is 0. The van der Waals surface area contributed by atoms with Gasteiger partial charge in [0.2, 0.25) is 5.91 Å². The second kappa shape index (κ2) is 15.3. The molecule has 0 aliphatic carbocycles. The Morgan fingerprint density at radius 3 is 2.05 bits per heavy atom. The molecule has 0 heterocycles. The minimum Gasteiger partial charge on any atom is -0.466 e. The molecule has 0 saturated heterocycles. The van der Waals surface area contributed by atoms with Gasteiger partial charge in [0.1, 0.15) is 0 Å². The van der Waals surface area contributed by atoms with Crippen molar-refractivity contribution >= 4 is 11.9 Å². The molecule has 0 fully saturated rings. The predicted octanol–water partition coefficient (Wildman–Crippen LogP) is 3.98. The Kier molecular flexibility index (Phi) is 14.6. The standard InChI is InChI=1S/C17H33NO3/c1-3-5-6-7-8-9-10-11-13-16(19)18-15-12-14-17(20)21-4-2/h3-15H2,1-2H3,(H,18,19). The van der Waals surface area contributed by atoms with Gasteiger partial charge in [0.05, 0.1) is 6.61 Å². The molecule has 0 bridgehead atoms. The molecular weight excluding hydrogens is 266 g/mol. The van der Waals surface area contributed by atoms with Gasteiger partial charge in [0, 0.05) is 19.4 Å². The molecule has 0 aromatic carbocycles. The highest BCUT2D eigenvalue weighted by Gasteiger charge is 2.03. The summed E-state index contributed by atoms with van der Waals surface area (Å²) in [5, 5.41) is 2.85. The van der Waals surface area contributed by atoms with Gasteiger partial charge in [-0.3, -0.25) is 9.59 Å². The third-order valence-corrected chi connectivity index (χ3v) is 3.44. The third-order valence-electron chi connectivity index (χ3n) is 3.44. The van der Waals surface area contributed by atoms with Crippen LogP contribution < -0.4 is 5.32 Å². The molecular formula is C17H33NO3. The molecule has 4 heteroatoms. The number of hydrogen-bond acceptors (Lipinski definition) is 3. The monoisotopic (exact) mass is 299 g/mol. The van der Waals surface area contributed by atoms with Gasteiger partial charge in [-0.05, 0) is 19.8 Å². The summed E-state index contributed by atoms with van der Waals surface area (Å²) in [7, 11) is 0. The van der Waals surface area contributed by atoms with E-state index < -0.39 is 0 Å². The van der Waals surface area contributed by atoms with E-state index in [9.17, 15) is 9.59 Å². The number of carbonyl (C=O) groups excluding carboxylic acids is 2. The minimum atomic E-state index is -0.185. The molecule has 0 radical (unpaired) electrons. The maximum atomic E-state index is 11.6. The fourth-order valence-electron chi connectivity index (χ4n) is 2.20. The Bertz CT molecular complexity index is 267. The van der Waals surface area contributed by atoms with Crippen molar-refractivity contribution in [1.29, 1.82) is 0 Å². The molecule has 21 heavy (non-hydrogen) atoms. The molecule has 0 aromatic rings. The van der Waals surface area contributed by atoms with Crippen molar-refractivity contribution in [3.8, 4) is 0 Å². The molecule has 4 nitrogen and oxygen atoms in total. The first-order valence-corrected chi connectivity index (χ1v) is 8.63. The zero-order valence-corrected chi connectivity index (χ0v) is 13.9. The lowest BCUT2D eigenvalue weighted by Gasteiger charge is -2.05. The summed E-state index contributed by atoms with van der Waals surface area (Å²) < 4.78 is 4.82. The van der Waals surface area contributed by atoms with E-state index in [2.05, 4.69) is 12.2 Å². The van der Waals surface area contributed by atoms with E-state index in [1.807, 2.05) is 0 Å². The van der Waals surface area contributed by atoms with Crippen molar-refractivity contribution in [2.24, 2.45) is 0 Å². The van der Waals surface area contributed by atoms with E-state index in [-0.39, 0.29) is 11.9 Å². The Balaban J connectivity index is 3.25. The second-order valence-electron chi connectivity index (χ2n) is 5.48. The van der Waals surface area contributed by atoms with Gasteiger partial charge in [-0.1, -0.05) is 51.9 Å². The van der Waals surface area contributed by atoms with Crippen LogP contribution in [0.15, 0.2) is 0 Å². The average molecular weight is 299 g/mol. The normalized spacial score (nSPS) is 10.4. The highest BCUT2D eigenvalue weighted by atomic mass is 16.5. The van der Waals surface area contributed by atoms with Crippen molar-refractivity contribution in [3.05, 3.63) is 0 Å². The van der Waals surface area contributed by atoms with Crippen LogP contribution in [0, 0.1) is 0 Å². The molecule has 0 spiro atoms. The van der Waals surface area contributed by atoms with Gasteiger partial charge in [-0.15, -0.1) is 0 Å². The van der Waals surface area contributed by atoms with E-state index in [1.54, 1.807) is 6.92 Å². The Morgan fingerprint density at radius 2 is 1.43 bits per heavy atom. The zero-order valence-electron chi connectivity index (χ0n) is 13.9. The lowest BCUT2D eigenvalue weighted by molar-refractivity contribution is -0.143. The highest BCUT2D eigenvalue weighted by Crippen LogP contribution is 2.09. The number of carbonyl (C=O) groups is 2. The molecule has 0 unspecified atom stereocenters. The molecule has 0 aliphatic heterocycles. The smallest absolute Gasteiger partial charge is 0.305 e. The van der Waals surface area contributed by atoms with Gasteiger partial charge >= 0.3 is 5.97 Å². The summed E-state index contributed by atoms with van der Waals surface area (Å²) in [6.07, 6.45) is 11.6. The molecule has 124 valence electrons. The van der Waals surface area contributed by atoms with Crippen LogP contribution in [0.3, 0.4) is 0 Å². The maximum Gasteiger partial charge on any atom is 0.305 e. The lowest BCUT2D eigenvalue weighted by Crippen LogP contribution is -2.24. The lowest BCUT2D eigenvalue weighted by atomic mass is 10.1. The van der Waals surface area contributed by atoms with Crippen molar-refractivity contribution < 1.29 is 14.3 Å².